The van der Waals surface area contributed by atoms with E-state index in [-0.39, 0.29) is 5.41 Å². The molecule has 0 radical (unpaired) electrons. The molecule has 0 aliphatic rings. The lowest BCUT2D eigenvalue weighted by Gasteiger charge is -2.22. The van der Waals surface area contributed by atoms with Crippen LogP contribution in [0.3, 0.4) is 0 Å². The summed E-state index contributed by atoms with van der Waals surface area (Å²) in [5, 5.41) is 0. The molecular formula is C17H24N2. The fourth-order valence-corrected chi connectivity index (χ4v) is 2.45. The van der Waals surface area contributed by atoms with Crippen LogP contribution in [0.25, 0.3) is 0 Å². The van der Waals surface area contributed by atoms with Gasteiger partial charge in [0.2, 0.25) is 0 Å². The molecule has 1 aromatic carbocycles. The maximum atomic E-state index is 4.65. The highest BCUT2D eigenvalue weighted by Gasteiger charge is 2.18. The van der Waals surface area contributed by atoms with Crippen molar-refractivity contribution in [3.63, 3.8) is 0 Å². The molecule has 0 saturated heterocycles. The molecule has 0 fully saturated rings. The third kappa shape index (κ3) is 3.46. The zero-order valence-electron chi connectivity index (χ0n) is 12.7. The fraction of sp³-hybridized carbons (Fsp3) is 0.471. The van der Waals surface area contributed by atoms with E-state index in [9.17, 15) is 0 Å². The van der Waals surface area contributed by atoms with Gasteiger partial charge in [0.25, 0.3) is 0 Å². The summed E-state index contributed by atoms with van der Waals surface area (Å²) in [5.41, 5.74) is 4.12. The van der Waals surface area contributed by atoms with Gasteiger partial charge in [-0.2, -0.15) is 0 Å². The van der Waals surface area contributed by atoms with Crippen molar-refractivity contribution in [2.75, 3.05) is 0 Å². The van der Waals surface area contributed by atoms with E-state index in [0.29, 0.717) is 0 Å². The van der Waals surface area contributed by atoms with Crippen molar-refractivity contribution in [3.05, 3.63) is 53.1 Å². The van der Waals surface area contributed by atoms with Crippen molar-refractivity contribution < 1.29 is 0 Å². The molecule has 0 N–H and O–H groups in total. The summed E-state index contributed by atoms with van der Waals surface area (Å²) in [6.45, 7) is 12.1. The maximum Gasteiger partial charge on any atom is 0.106 e. The summed E-state index contributed by atoms with van der Waals surface area (Å²) < 4.78 is 2.38. The van der Waals surface area contributed by atoms with Gasteiger partial charge in [0.05, 0.1) is 5.69 Å². The van der Waals surface area contributed by atoms with Crippen molar-refractivity contribution in [2.45, 2.75) is 47.6 Å². The second-order valence-electron chi connectivity index (χ2n) is 6.50. The van der Waals surface area contributed by atoms with Gasteiger partial charge in [-0.1, -0.05) is 51.1 Å². The van der Waals surface area contributed by atoms with E-state index in [1.165, 1.54) is 11.3 Å². The van der Waals surface area contributed by atoms with Crippen LogP contribution in [0, 0.1) is 19.3 Å². The molecule has 0 saturated carbocycles. The summed E-state index contributed by atoms with van der Waals surface area (Å²) in [6, 6.07) is 10.6. The number of hydrogen-bond donors (Lipinski definition) is 0. The van der Waals surface area contributed by atoms with Gasteiger partial charge in [0.15, 0.2) is 0 Å². The van der Waals surface area contributed by atoms with Crippen LogP contribution in [-0.2, 0) is 13.0 Å². The summed E-state index contributed by atoms with van der Waals surface area (Å²) in [6.07, 6.45) is 0.962. The molecular weight excluding hydrogens is 232 g/mol. The quantitative estimate of drug-likeness (QED) is 0.807. The van der Waals surface area contributed by atoms with Gasteiger partial charge in [-0.25, -0.2) is 4.98 Å². The molecule has 2 heteroatoms. The second-order valence-corrected chi connectivity index (χ2v) is 6.50. The second kappa shape index (κ2) is 5.20. The predicted octanol–water partition coefficient (Wildman–Crippen LogP) is 4.14. The van der Waals surface area contributed by atoms with Crippen molar-refractivity contribution in [2.24, 2.45) is 5.41 Å². The molecule has 19 heavy (non-hydrogen) atoms. The number of imidazole rings is 1. The Labute approximate surface area is 116 Å². The van der Waals surface area contributed by atoms with Crippen LogP contribution in [0.4, 0.5) is 0 Å². The van der Waals surface area contributed by atoms with Gasteiger partial charge in [0, 0.05) is 18.7 Å². The summed E-state index contributed by atoms with van der Waals surface area (Å²) in [5.74, 6) is 1.12. The van der Waals surface area contributed by atoms with Crippen LogP contribution in [-0.4, -0.2) is 9.55 Å². The van der Waals surface area contributed by atoms with E-state index in [0.717, 1.165) is 24.5 Å². The van der Waals surface area contributed by atoms with Gasteiger partial charge >= 0.3 is 0 Å². The highest BCUT2D eigenvalue weighted by Crippen LogP contribution is 2.22. The number of benzene rings is 1. The lowest BCUT2D eigenvalue weighted by atomic mass is 9.96. The van der Waals surface area contributed by atoms with E-state index in [1.807, 2.05) is 0 Å². The average molecular weight is 256 g/mol. The highest BCUT2D eigenvalue weighted by atomic mass is 15.1. The molecule has 102 valence electrons. The number of aromatic nitrogens is 2. The molecule has 0 aliphatic carbocycles. The Morgan fingerprint density at radius 2 is 1.68 bits per heavy atom. The van der Waals surface area contributed by atoms with E-state index >= 15 is 0 Å². The third-order valence-corrected chi connectivity index (χ3v) is 3.31. The number of rotatable bonds is 3. The van der Waals surface area contributed by atoms with Gasteiger partial charge < -0.3 is 4.57 Å². The van der Waals surface area contributed by atoms with Crippen LogP contribution < -0.4 is 0 Å². The number of nitrogens with zero attached hydrogens (tertiary/aromatic N) is 2. The Balaban J connectivity index is 2.34. The minimum absolute atomic E-state index is 0.267. The zero-order valence-corrected chi connectivity index (χ0v) is 12.7. The molecule has 0 unspecified atom stereocenters. The van der Waals surface area contributed by atoms with Crippen molar-refractivity contribution in [3.8, 4) is 0 Å². The van der Waals surface area contributed by atoms with Crippen LogP contribution in [0.2, 0.25) is 0 Å². The van der Waals surface area contributed by atoms with Crippen molar-refractivity contribution in [1.29, 1.82) is 0 Å². The molecule has 2 nitrogen and oxygen atoms in total. The van der Waals surface area contributed by atoms with E-state index in [1.54, 1.807) is 0 Å². The molecule has 0 atom stereocenters. The van der Waals surface area contributed by atoms with Crippen LogP contribution >= 0.6 is 0 Å². The Bertz CT molecular complexity index is 545. The first-order valence-corrected chi connectivity index (χ1v) is 6.93. The van der Waals surface area contributed by atoms with Gasteiger partial charge in [-0.15, -0.1) is 0 Å². The number of hydrogen-bond acceptors (Lipinski definition) is 1. The summed E-state index contributed by atoms with van der Waals surface area (Å²) >= 11 is 0. The van der Waals surface area contributed by atoms with E-state index in [4.69, 9.17) is 0 Å². The molecule has 0 bridgehead atoms. The maximum absolute atomic E-state index is 4.65. The molecule has 0 aliphatic heterocycles. The van der Waals surface area contributed by atoms with Gasteiger partial charge in [-0.05, 0) is 24.8 Å². The monoisotopic (exact) mass is 256 g/mol. The Hall–Kier alpha value is -1.57. The Morgan fingerprint density at radius 3 is 2.26 bits per heavy atom. The normalized spacial score (nSPS) is 11.8. The first-order chi connectivity index (χ1) is 8.87. The molecule has 1 heterocycles. The molecule has 0 spiro atoms. The summed E-state index contributed by atoms with van der Waals surface area (Å²) in [7, 11) is 0. The van der Waals surface area contributed by atoms with Crippen LogP contribution in [0.15, 0.2) is 30.3 Å². The Kier molecular flexibility index (Phi) is 3.79. The molecule has 1 aromatic heterocycles. The standard InChI is InChI=1S/C17H24N2/c1-13-16(11-15-9-7-6-8-10-15)19(14(2)18-13)12-17(3,4)5/h6-10H,11-12H2,1-5H3. The smallest absolute Gasteiger partial charge is 0.106 e. The van der Waals surface area contributed by atoms with Gasteiger partial charge in [0.1, 0.15) is 5.82 Å². The topological polar surface area (TPSA) is 17.8 Å². The SMILES string of the molecule is Cc1nc(C)n(CC(C)(C)C)c1Cc1ccccc1. The molecule has 2 aromatic rings. The lowest BCUT2D eigenvalue weighted by molar-refractivity contribution is 0.335. The van der Waals surface area contributed by atoms with E-state index < -0.39 is 0 Å². The van der Waals surface area contributed by atoms with Crippen molar-refractivity contribution >= 4 is 0 Å². The first kappa shape index (κ1) is 13.9. The molecule has 2 rings (SSSR count). The van der Waals surface area contributed by atoms with Crippen LogP contribution in [0.5, 0.6) is 0 Å². The molecule has 0 amide bonds. The lowest BCUT2D eigenvalue weighted by Crippen LogP contribution is -2.18. The van der Waals surface area contributed by atoms with Crippen LogP contribution in [0.1, 0.15) is 43.5 Å². The first-order valence-electron chi connectivity index (χ1n) is 6.93. The minimum atomic E-state index is 0.267. The van der Waals surface area contributed by atoms with Crippen molar-refractivity contribution in [1.82, 2.24) is 9.55 Å². The largest absolute Gasteiger partial charge is 0.331 e. The average Bonchev–Trinajstić information content (AvgIpc) is 2.56. The fourth-order valence-electron chi connectivity index (χ4n) is 2.45. The minimum Gasteiger partial charge on any atom is -0.331 e. The third-order valence-electron chi connectivity index (χ3n) is 3.31. The Morgan fingerprint density at radius 1 is 1.05 bits per heavy atom. The predicted molar refractivity (Wildman–Crippen MR) is 80.4 cm³/mol. The highest BCUT2D eigenvalue weighted by molar-refractivity contribution is 5.26. The number of aryl methyl sites for hydroxylation is 2. The zero-order chi connectivity index (χ0) is 14.0. The van der Waals surface area contributed by atoms with Gasteiger partial charge in [-0.3, -0.25) is 0 Å². The van der Waals surface area contributed by atoms with E-state index in [2.05, 4.69) is 74.5 Å². The summed E-state index contributed by atoms with van der Waals surface area (Å²) in [4.78, 5) is 4.65.